The molecule has 0 aromatic heterocycles. The van der Waals surface area contributed by atoms with Crippen LogP contribution in [0.25, 0.3) is 0 Å². The van der Waals surface area contributed by atoms with E-state index in [1.165, 1.54) is 12.8 Å². The first kappa shape index (κ1) is 13.4. The Balaban J connectivity index is 3.51. The van der Waals surface area contributed by atoms with E-state index in [9.17, 15) is 4.79 Å². The molecule has 1 unspecified atom stereocenters. The first-order valence-electron chi connectivity index (χ1n) is 5.56. The highest BCUT2D eigenvalue weighted by atomic mass is 16.4. The molecule has 0 saturated heterocycles. The Hall–Kier alpha value is -0.570. The lowest BCUT2D eigenvalue weighted by Gasteiger charge is -2.22. The van der Waals surface area contributed by atoms with Crippen LogP contribution in [0.4, 0.5) is 0 Å². The van der Waals surface area contributed by atoms with Crippen molar-refractivity contribution in [1.82, 2.24) is 5.32 Å². The number of carbonyl (C=O) groups is 1. The summed E-state index contributed by atoms with van der Waals surface area (Å²) >= 11 is 0. The third-order valence-electron chi connectivity index (χ3n) is 2.79. The fourth-order valence-electron chi connectivity index (χ4n) is 1.73. The van der Waals surface area contributed by atoms with Gasteiger partial charge in [-0.25, -0.2) is 0 Å². The van der Waals surface area contributed by atoms with Crippen LogP contribution in [0, 0.1) is 5.92 Å². The molecule has 1 atom stereocenters. The number of aliphatic carboxylic acids is 1. The lowest BCUT2D eigenvalue weighted by atomic mass is 9.95. The molecule has 84 valence electrons. The van der Waals surface area contributed by atoms with E-state index in [0.29, 0.717) is 12.0 Å². The van der Waals surface area contributed by atoms with Crippen LogP contribution in [0.2, 0.25) is 0 Å². The van der Waals surface area contributed by atoms with Crippen molar-refractivity contribution >= 4 is 5.97 Å². The zero-order valence-electron chi connectivity index (χ0n) is 9.55. The van der Waals surface area contributed by atoms with Crippen molar-refractivity contribution < 1.29 is 9.90 Å². The van der Waals surface area contributed by atoms with Gasteiger partial charge >= 0.3 is 5.97 Å². The quantitative estimate of drug-likeness (QED) is 0.592. The Morgan fingerprint density at radius 3 is 2.36 bits per heavy atom. The van der Waals surface area contributed by atoms with Gasteiger partial charge in [-0.2, -0.15) is 0 Å². The van der Waals surface area contributed by atoms with E-state index >= 15 is 0 Å². The molecular weight excluding hydrogens is 178 g/mol. The summed E-state index contributed by atoms with van der Waals surface area (Å²) in [4.78, 5) is 10.3. The number of carboxylic acid groups (broad SMARTS) is 1. The molecule has 0 saturated carbocycles. The molecule has 0 amide bonds. The van der Waals surface area contributed by atoms with Crippen molar-refractivity contribution in [1.29, 1.82) is 0 Å². The third kappa shape index (κ3) is 5.97. The Kier molecular flexibility index (Phi) is 7.48. The zero-order chi connectivity index (χ0) is 11.0. The fourth-order valence-corrected chi connectivity index (χ4v) is 1.73. The maximum atomic E-state index is 10.3. The van der Waals surface area contributed by atoms with Gasteiger partial charge in [0.2, 0.25) is 0 Å². The summed E-state index contributed by atoms with van der Waals surface area (Å²) in [5.41, 5.74) is 0. The van der Waals surface area contributed by atoms with Crippen LogP contribution in [0.1, 0.15) is 46.5 Å². The smallest absolute Gasteiger partial charge is 0.303 e. The van der Waals surface area contributed by atoms with Gasteiger partial charge < -0.3 is 10.4 Å². The highest BCUT2D eigenvalue weighted by Crippen LogP contribution is 2.12. The summed E-state index contributed by atoms with van der Waals surface area (Å²) in [7, 11) is 0. The second-order valence-corrected chi connectivity index (χ2v) is 3.82. The monoisotopic (exact) mass is 201 g/mol. The van der Waals surface area contributed by atoms with Crippen molar-refractivity contribution in [2.45, 2.75) is 52.5 Å². The summed E-state index contributed by atoms with van der Waals surface area (Å²) in [6, 6.07) is 0.499. The lowest BCUT2D eigenvalue weighted by molar-refractivity contribution is -0.137. The van der Waals surface area contributed by atoms with Crippen LogP contribution in [0.15, 0.2) is 0 Å². The zero-order valence-corrected chi connectivity index (χ0v) is 9.55. The third-order valence-corrected chi connectivity index (χ3v) is 2.79. The largest absolute Gasteiger partial charge is 0.481 e. The van der Waals surface area contributed by atoms with Crippen LogP contribution in [-0.4, -0.2) is 23.7 Å². The van der Waals surface area contributed by atoms with Gasteiger partial charge in [-0.1, -0.05) is 26.7 Å². The molecule has 0 heterocycles. The molecule has 0 radical (unpaired) electrons. The van der Waals surface area contributed by atoms with Gasteiger partial charge in [0.05, 0.1) is 0 Å². The average molecular weight is 201 g/mol. The van der Waals surface area contributed by atoms with Crippen LogP contribution < -0.4 is 5.32 Å². The first-order valence-corrected chi connectivity index (χ1v) is 5.56. The number of nitrogens with one attached hydrogen (secondary N) is 1. The molecule has 14 heavy (non-hydrogen) atoms. The summed E-state index contributed by atoms with van der Waals surface area (Å²) in [5.74, 6) is 0.00168. The molecule has 2 N–H and O–H groups in total. The number of hydrogen-bond acceptors (Lipinski definition) is 2. The van der Waals surface area contributed by atoms with Crippen LogP contribution in [0.5, 0.6) is 0 Å². The molecular formula is C11H23NO2. The van der Waals surface area contributed by atoms with E-state index < -0.39 is 5.97 Å². The standard InChI is InChI=1S/C11H23NO2/c1-4-10(5-2)9(3)12-8-6-7-11(13)14/h9-10,12H,4-8H2,1-3H3,(H,13,14). The highest BCUT2D eigenvalue weighted by molar-refractivity contribution is 5.66. The van der Waals surface area contributed by atoms with Crippen molar-refractivity contribution in [3.05, 3.63) is 0 Å². The second-order valence-electron chi connectivity index (χ2n) is 3.82. The predicted octanol–water partition coefficient (Wildman–Crippen LogP) is 2.27. The molecule has 0 spiro atoms. The van der Waals surface area contributed by atoms with E-state index in [4.69, 9.17) is 5.11 Å². The van der Waals surface area contributed by atoms with Crippen LogP contribution in [0.3, 0.4) is 0 Å². The van der Waals surface area contributed by atoms with E-state index in [2.05, 4.69) is 26.1 Å². The molecule has 0 bridgehead atoms. The SMILES string of the molecule is CCC(CC)C(C)NCCCC(=O)O. The fraction of sp³-hybridized carbons (Fsp3) is 0.909. The summed E-state index contributed by atoms with van der Waals surface area (Å²) in [5, 5.41) is 11.8. The van der Waals surface area contributed by atoms with Gasteiger partial charge in [-0.15, -0.1) is 0 Å². The van der Waals surface area contributed by atoms with Gasteiger partial charge in [0.15, 0.2) is 0 Å². The summed E-state index contributed by atoms with van der Waals surface area (Å²) in [6.07, 6.45) is 3.36. The molecule has 0 aliphatic carbocycles. The highest BCUT2D eigenvalue weighted by Gasteiger charge is 2.11. The van der Waals surface area contributed by atoms with Gasteiger partial charge in [-0.3, -0.25) is 4.79 Å². The Morgan fingerprint density at radius 1 is 1.36 bits per heavy atom. The molecule has 0 aliphatic rings. The predicted molar refractivity (Wildman–Crippen MR) is 58.4 cm³/mol. The first-order chi connectivity index (χ1) is 6.61. The van der Waals surface area contributed by atoms with Crippen molar-refractivity contribution in [2.75, 3.05) is 6.54 Å². The molecule has 3 heteroatoms. The van der Waals surface area contributed by atoms with Gasteiger partial charge in [0.25, 0.3) is 0 Å². The van der Waals surface area contributed by atoms with E-state index in [1.54, 1.807) is 0 Å². The molecule has 3 nitrogen and oxygen atoms in total. The van der Waals surface area contributed by atoms with Crippen molar-refractivity contribution in [2.24, 2.45) is 5.92 Å². The summed E-state index contributed by atoms with van der Waals surface area (Å²) in [6.45, 7) is 7.38. The number of carboxylic acids is 1. The van der Waals surface area contributed by atoms with Gasteiger partial charge in [0, 0.05) is 12.5 Å². The average Bonchev–Trinajstić information content (AvgIpc) is 2.14. The van der Waals surface area contributed by atoms with Crippen LogP contribution in [-0.2, 0) is 4.79 Å². The summed E-state index contributed by atoms with van der Waals surface area (Å²) < 4.78 is 0. The Morgan fingerprint density at radius 2 is 1.93 bits per heavy atom. The van der Waals surface area contributed by atoms with Crippen molar-refractivity contribution in [3.63, 3.8) is 0 Å². The Labute approximate surface area is 86.9 Å². The van der Waals surface area contributed by atoms with Gasteiger partial charge in [-0.05, 0) is 25.8 Å². The topological polar surface area (TPSA) is 49.3 Å². The second kappa shape index (κ2) is 7.80. The number of hydrogen-bond donors (Lipinski definition) is 2. The van der Waals surface area contributed by atoms with E-state index in [-0.39, 0.29) is 6.42 Å². The Bertz CT molecular complexity index is 155. The maximum absolute atomic E-state index is 10.3. The van der Waals surface area contributed by atoms with E-state index in [0.717, 1.165) is 13.0 Å². The molecule has 0 aromatic carbocycles. The minimum absolute atomic E-state index is 0.267. The normalized spacial score (nSPS) is 13.1. The van der Waals surface area contributed by atoms with E-state index in [1.807, 2.05) is 0 Å². The molecule has 0 rings (SSSR count). The van der Waals surface area contributed by atoms with Gasteiger partial charge in [0.1, 0.15) is 0 Å². The molecule has 0 aliphatic heterocycles. The minimum Gasteiger partial charge on any atom is -0.481 e. The number of rotatable bonds is 8. The lowest BCUT2D eigenvalue weighted by Crippen LogP contribution is -2.33. The minimum atomic E-state index is -0.706. The molecule has 0 fully saturated rings. The maximum Gasteiger partial charge on any atom is 0.303 e. The van der Waals surface area contributed by atoms with Crippen molar-refractivity contribution in [3.8, 4) is 0 Å². The van der Waals surface area contributed by atoms with Crippen LogP contribution >= 0.6 is 0 Å². The molecule has 0 aromatic rings.